The molecule has 3 heteroatoms. The van der Waals surface area contributed by atoms with Crippen molar-refractivity contribution in [2.24, 2.45) is 0 Å². The molecular formula is C13H21NS2. The lowest BCUT2D eigenvalue weighted by Gasteiger charge is -2.15. The van der Waals surface area contributed by atoms with Crippen LogP contribution in [-0.4, -0.2) is 18.3 Å². The van der Waals surface area contributed by atoms with E-state index >= 15 is 0 Å². The van der Waals surface area contributed by atoms with Crippen LogP contribution in [0.3, 0.4) is 0 Å². The second-order valence-electron chi connectivity index (χ2n) is 4.42. The highest BCUT2D eigenvalue weighted by Crippen LogP contribution is 2.23. The van der Waals surface area contributed by atoms with Gasteiger partial charge in [0.1, 0.15) is 0 Å². The molecule has 0 aromatic carbocycles. The summed E-state index contributed by atoms with van der Waals surface area (Å²) in [6.07, 6.45) is 8.53. The Hall–Kier alpha value is 0.01000. The Morgan fingerprint density at radius 2 is 2.06 bits per heavy atom. The predicted octanol–water partition coefficient (Wildman–Crippen LogP) is 4.15. The lowest BCUT2D eigenvalue weighted by atomic mass is 10.1. The van der Waals surface area contributed by atoms with E-state index in [-0.39, 0.29) is 0 Å². The maximum atomic E-state index is 3.71. The van der Waals surface area contributed by atoms with Crippen LogP contribution in [0.4, 0.5) is 0 Å². The number of thiophene rings is 1. The minimum Gasteiger partial charge on any atom is -0.313 e. The van der Waals surface area contributed by atoms with E-state index < -0.39 is 0 Å². The smallest absolute Gasteiger partial charge is 0.0598 e. The maximum Gasteiger partial charge on any atom is 0.0598 e. The fourth-order valence-corrected chi connectivity index (χ4v) is 3.98. The summed E-state index contributed by atoms with van der Waals surface area (Å²) in [5.41, 5.74) is 0. The van der Waals surface area contributed by atoms with Gasteiger partial charge in [0.05, 0.1) is 4.21 Å². The summed E-state index contributed by atoms with van der Waals surface area (Å²) in [7, 11) is 0. The molecule has 1 N–H and O–H groups in total. The normalized spacial score (nSPS) is 18.5. The van der Waals surface area contributed by atoms with Gasteiger partial charge >= 0.3 is 0 Å². The van der Waals surface area contributed by atoms with Crippen molar-refractivity contribution in [3.05, 3.63) is 17.5 Å². The van der Waals surface area contributed by atoms with E-state index in [9.17, 15) is 0 Å². The Bertz CT molecular complexity index is 263. The van der Waals surface area contributed by atoms with Crippen molar-refractivity contribution in [2.45, 2.75) is 48.8 Å². The molecular weight excluding hydrogens is 234 g/mol. The molecule has 1 aromatic heterocycles. The number of rotatable bonds is 5. The molecule has 0 radical (unpaired) electrons. The van der Waals surface area contributed by atoms with Gasteiger partial charge in [0.2, 0.25) is 0 Å². The van der Waals surface area contributed by atoms with Gasteiger partial charge in [-0.05, 0) is 24.3 Å². The van der Waals surface area contributed by atoms with E-state index in [0.29, 0.717) is 0 Å². The number of hydrogen-bond acceptors (Lipinski definition) is 3. The molecule has 0 saturated heterocycles. The van der Waals surface area contributed by atoms with Crippen molar-refractivity contribution in [2.75, 3.05) is 12.3 Å². The van der Waals surface area contributed by atoms with Crippen LogP contribution in [0, 0.1) is 0 Å². The lowest BCUT2D eigenvalue weighted by molar-refractivity contribution is 0.474. The minimum atomic E-state index is 0.798. The third-order valence-electron chi connectivity index (χ3n) is 3.13. The van der Waals surface area contributed by atoms with E-state index in [1.165, 1.54) is 48.5 Å². The first kappa shape index (κ1) is 12.5. The molecule has 0 atom stereocenters. The third kappa shape index (κ3) is 4.48. The van der Waals surface area contributed by atoms with E-state index in [2.05, 4.69) is 22.8 Å². The minimum absolute atomic E-state index is 0.798. The SMILES string of the molecule is c1csc(SCCNC2CCCCCC2)c1. The van der Waals surface area contributed by atoms with Crippen molar-refractivity contribution in [3.8, 4) is 0 Å². The topological polar surface area (TPSA) is 12.0 Å². The van der Waals surface area contributed by atoms with Crippen molar-refractivity contribution in [3.63, 3.8) is 0 Å². The average molecular weight is 255 g/mol. The summed E-state index contributed by atoms with van der Waals surface area (Å²) in [5.74, 6) is 1.21. The van der Waals surface area contributed by atoms with Crippen molar-refractivity contribution in [1.29, 1.82) is 0 Å². The van der Waals surface area contributed by atoms with E-state index in [0.717, 1.165) is 12.6 Å². The molecule has 1 saturated carbocycles. The average Bonchev–Trinajstić information content (AvgIpc) is 2.68. The standard InChI is InChI=1S/C13H21NS2/c1-2-4-7-12(6-3-1)14-9-11-16-13-8-5-10-15-13/h5,8,10,12,14H,1-4,6-7,9,11H2. The molecule has 90 valence electrons. The molecule has 1 nitrogen and oxygen atoms in total. The molecule has 16 heavy (non-hydrogen) atoms. The molecule has 1 aliphatic rings. The summed E-state index contributed by atoms with van der Waals surface area (Å²) >= 11 is 3.82. The van der Waals surface area contributed by atoms with Gasteiger partial charge in [-0.15, -0.1) is 23.1 Å². The molecule has 1 fully saturated rings. The van der Waals surface area contributed by atoms with Crippen LogP contribution < -0.4 is 5.32 Å². The van der Waals surface area contributed by atoms with Gasteiger partial charge in [0.15, 0.2) is 0 Å². The number of thioether (sulfide) groups is 1. The first-order chi connectivity index (χ1) is 7.95. The predicted molar refractivity (Wildman–Crippen MR) is 74.5 cm³/mol. The zero-order valence-corrected chi connectivity index (χ0v) is 11.4. The first-order valence-electron chi connectivity index (χ1n) is 6.35. The lowest BCUT2D eigenvalue weighted by Crippen LogP contribution is -2.30. The second-order valence-corrected chi connectivity index (χ2v) is 6.77. The summed E-state index contributed by atoms with van der Waals surface area (Å²) in [6, 6.07) is 5.14. The molecule has 0 aliphatic heterocycles. The van der Waals surface area contributed by atoms with Gasteiger partial charge in [-0.1, -0.05) is 31.7 Å². The van der Waals surface area contributed by atoms with Gasteiger partial charge in [-0.3, -0.25) is 0 Å². The summed E-state index contributed by atoms with van der Waals surface area (Å²) < 4.78 is 1.45. The molecule has 1 aromatic rings. The fraction of sp³-hybridized carbons (Fsp3) is 0.692. The Morgan fingerprint density at radius 1 is 1.25 bits per heavy atom. The molecule has 0 spiro atoms. The van der Waals surface area contributed by atoms with E-state index in [1.54, 1.807) is 0 Å². The highest BCUT2D eigenvalue weighted by Gasteiger charge is 2.10. The van der Waals surface area contributed by atoms with E-state index in [4.69, 9.17) is 0 Å². The van der Waals surface area contributed by atoms with Gasteiger partial charge in [-0.2, -0.15) is 0 Å². The molecule has 0 bridgehead atoms. The Labute approximate surface area is 107 Å². The highest BCUT2D eigenvalue weighted by molar-refractivity contribution is 8.01. The number of nitrogens with one attached hydrogen (secondary N) is 1. The zero-order valence-electron chi connectivity index (χ0n) is 9.78. The molecule has 2 rings (SSSR count). The molecule has 0 amide bonds. The quantitative estimate of drug-likeness (QED) is 0.482. The van der Waals surface area contributed by atoms with Crippen LogP contribution in [0.2, 0.25) is 0 Å². The van der Waals surface area contributed by atoms with Gasteiger partial charge in [0, 0.05) is 18.3 Å². The fourth-order valence-electron chi connectivity index (χ4n) is 2.24. The van der Waals surface area contributed by atoms with Crippen molar-refractivity contribution < 1.29 is 0 Å². The Balaban J connectivity index is 1.56. The zero-order chi connectivity index (χ0) is 11.1. The summed E-state index contributed by atoms with van der Waals surface area (Å²) in [5, 5.41) is 5.86. The second kappa shape index (κ2) is 7.36. The molecule has 0 unspecified atom stereocenters. The largest absolute Gasteiger partial charge is 0.313 e. The maximum absolute atomic E-state index is 3.71. The monoisotopic (exact) mass is 255 g/mol. The summed E-state index contributed by atoms with van der Waals surface area (Å²) in [6.45, 7) is 1.16. The van der Waals surface area contributed by atoms with Crippen molar-refractivity contribution >= 4 is 23.1 Å². The van der Waals surface area contributed by atoms with Crippen LogP contribution in [0.5, 0.6) is 0 Å². The molecule has 1 heterocycles. The first-order valence-corrected chi connectivity index (χ1v) is 8.21. The van der Waals surface area contributed by atoms with Crippen LogP contribution in [0.1, 0.15) is 38.5 Å². The van der Waals surface area contributed by atoms with Gasteiger partial charge < -0.3 is 5.32 Å². The van der Waals surface area contributed by atoms with Crippen LogP contribution in [0.25, 0.3) is 0 Å². The van der Waals surface area contributed by atoms with Crippen LogP contribution >= 0.6 is 23.1 Å². The molecule has 1 aliphatic carbocycles. The van der Waals surface area contributed by atoms with Gasteiger partial charge in [0.25, 0.3) is 0 Å². The summed E-state index contributed by atoms with van der Waals surface area (Å²) in [4.78, 5) is 0. The van der Waals surface area contributed by atoms with E-state index in [1.807, 2.05) is 23.1 Å². The van der Waals surface area contributed by atoms with Crippen molar-refractivity contribution in [1.82, 2.24) is 5.32 Å². The van der Waals surface area contributed by atoms with Crippen LogP contribution in [-0.2, 0) is 0 Å². The Kier molecular flexibility index (Phi) is 5.73. The number of hydrogen-bond donors (Lipinski definition) is 1. The third-order valence-corrected chi connectivity index (χ3v) is 5.26. The van der Waals surface area contributed by atoms with Crippen LogP contribution in [0.15, 0.2) is 21.7 Å². The Morgan fingerprint density at radius 3 is 2.75 bits per heavy atom. The highest BCUT2D eigenvalue weighted by atomic mass is 32.2. The van der Waals surface area contributed by atoms with Gasteiger partial charge in [-0.25, -0.2) is 0 Å².